The van der Waals surface area contributed by atoms with Crippen LogP contribution in [0.3, 0.4) is 0 Å². The fraction of sp³-hybridized carbons (Fsp3) is 0.107. The SMILES string of the molecule is CCOc1ccccc1-c1c(-c2cccs2)n(Cc2ccc(F)cc2F)c(=O)c2ccccc12. The van der Waals surface area contributed by atoms with Crippen LogP contribution < -0.4 is 10.3 Å². The van der Waals surface area contributed by atoms with Crippen LogP contribution in [0, 0.1) is 11.6 Å². The number of ether oxygens (including phenoxy) is 1. The lowest BCUT2D eigenvalue weighted by Gasteiger charge is -2.21. The first-order valence-corrected chi connectivity index (χ1v) is 11.8. The van der Waals surface area contributed by atoms with Gasteiger partial charge < -0.3 is 9.30 Å². The molecule has 170 valence electrons. The van der Waals surface area contributed by atoms with Crippen molar-refractivity contribution >= 4 is 22.1 Å². The third-order valence-corrected chi connectivity index (χ3v) is 6.61. The summed E-state index contributed by atoms with van der Waals surface area (Å²) in [6, 6.07) is 22.4. The molecule has 0 fully saturated rings. The largest absolute Gasteiger partial charge is 0.493 e. The molecule has 3 nitrogen and oxygen atoms in total. The molecule has 3 aromatic carbocycles. The van der Waals surface area contributed by atoms with Crippen molar-refractivity contribution in [1.29, 1.82) is 0 Å². The quantitative estimate of drug-likeness (QED) is 0.263. The van der Waals surface area contributed by atoms with Gasteiger partial charge in [-0.05, 0) is 42.0 Å². The fourth-order valence-corrected chi connectivity index (χ4v) is 5.05. The maximum atomic E-state index is 14.7. The van der Waals surface area contributed by atoms with E-state index in [0.717, 1.165) is 27.5 Å². The molecule has 0 aliphatic rings. The minimum absolute atomic E-state index is 0.0349. The fourth-order valence-electron chi connectivity index (χ4n) is 4.26. The van der Waals surface area contributed by atoms with Crippen LogP contribution >= 0.6 is 11.3 Å². The van der Waals surface area contributed by atoms with E-state index in [1.807, 2.05) is 66.9 Å². The third-order valence-electron chi connectivity index (χ3n) is 5.73. The summed E-state index contributed by atoms with van der Waals surface area (Å²) in [7, 11) is 0. The van der Waals surface area contributed by atoms with Gasteiger partial charge in [-0.25, -0.2) is 8.78 Å². The van der Waals surface area contributed by atoms with E-state index >= 15 is 0 Å². The average Bonchev–Trinajstić information content (AvgIpc) is 3.37. The van der Waals surface area contributed by atoms with Gasteiger partial charge >= 0.3 is 0 Å². The normalized spacial score (nSPS) is 11.1. The summed E-state index contributed by atoms with van der Waals surface area (Å²) < 4.78 is 35.8. The lowest BCUT2D eigenvalue weighted by Crippen LogP contribution is -2.24. The number of rotatable bonds is 6. The van der Waals surface area contributed by atoms with Gasteiger partial charge in [0.05, 0.1) is 23.7 Å². The van der Waals surface area contributed by atoms with Gasteiger partial charge in [0.2, 0.25) is 0 Å². The maximum Gasteiger partial charge on any atom is 0.259 e. The van der Waals surface area contributed by atoms with Gasteiger partial charge in [-0.3, -0.25) is 4.79 Å². The van der Waals surface area contributed by atoms with E-state index in [-0.39, 0.29) is 17.7 Å². The summed E-state index contributed by atoms with van der Waals surface area (Å²) in [6.45, 7) is 2.38. The molecule has 0 saturated heterocycles. The smallest absolute Gasteiger partial charge is 0.259 e. The van der Waals surface area contributed by atoms with Gasteiger partial charge in [0.15, 0.2) is 0 Å². The summed E-state index contributed by atoms with van der Waals surface area (Å²) in [5, 5.41) is 3.25. The van der Waals surface area contributed by atoms with Gasteiger partial charge in [0.1, 0.15) is 17.4 Å². The molecule has 0 radical (unpaired) electrons. The average molecular weight is 474 g/mol. The Balaban J connectivity index is 1.90. The molecule has 0 aliphatic carbocycles. The second-order valence-electron chi connectivity index (χ2n) is 7.80. The topological polar surface area (TPSA) is 31.2 Å². The van der Waals surface area contributed by atoms with Gasteiger partial charge in [-0.1, -0.05) is 48.5 Å². The molecule has 2 heterocycles. The second kappa shape index (κ2) is 9.23. The van der Waals surface area contributed by atoms with Crippen LogP contribution in [0.15, 0.2) is 89.0 Å². The van der Waals surface area contributed by atoms with Crippen molar-refractivity contribution in [1.82, 2.24) is 4.57 Å². The van der Waals surface area contributed by atoms with E-state index in [1.54, 1.807) is 10.6 Å². The van der Waals surface area contributed by atoms with E-state index in [4.69, 9.17) is 4.74 Å². The third kappa shape index (κ3) is 3.90. The molecule has 0 unspecified atom stereocenters. The van der Waals surface area contributed by atoms with Crippen molar-refractivity contribution in [2.45, 2.75) is 13.5 Å². The zero-order valence-corrected chi connectivity index (χ0v) is 19.2. The molecule has 0 saturated carbocycles. The molecule has 0 atom stereocenters. The number of halogens is 2. The number of fused-ring (bicyclic) bond motifs is 1. The first-order chi connectivity index (χ1) is 16.6. The predicted octanol–water partition coefficient (Wildman–Crippen LogP) is 7.12. The van der Waals surface area contributed by atoms with Crippen LogP contribution in [0.5, 0.6) is 5.75 Å². The molecule has 0 bridgehead atoms. The molecule has 34 heavy (non-hydrogen) atoms. The number of pyridine rings is 1. The molecule has 5 aromatic rings. The number of nitrogens with zero attached hydrogens (tertiary/aromatic N) is 1. The lowest BCUT2D eigenvalue weighted by atomic mass is 9.95. The molecule has 0 amide bonds. The van der Waals surface area contributed by atoms with Gasteiger partial charge in [0.25, 0.3) is 5.56 Å². The number of hydrogen-bond acceptors (Lipinski definition) is 3. The maximum absolute atomic E-state index is 14.7. The number of para-hydroxylation sites is 1. The van der Waals surface area contributed by atoms with Crippen molar-refractivity contribution < 1.29 is 13.5 Å². The highest BCUT2D eigenvalue weighted by Gasteiger charge is 2.23. The second-order valence-corrected chi connectivity index (χ2v) is 8.75. The Hall–Kier alpha value is -3.77. The van der Waals surface area contributed by atoms with E-state index in [9.17, 15) is 13.6 Å². The van der Waals surface area contributed by atoms with Crippen molar-refractivity contribution in [2.24, 2.45) is 0 Å². The minimum Gasteiger partial charge on any atom is -0.493 e. The van der Waals surface area contributed by atoms with Crippen LogP contribution in [0.2, 0.25) is 0 Å². The van der Waals surface area contributed by atoms with Crippen LogP contribution in [0.4, 0.5) is 8.78 Å². The highest BCUT2D eigenvalue weighted by atomic mass is 32.1. The monoisotopic (exact) mass is 473 g/mol. The standard InChI is InChI=1S/C28H21F2NO2S/c1-2-33-24-11-6-5-10-22(24)26-20-8-3-4-9-21(20)28(32)31(27(26)25-12-7-15-34-25)17-18-13-14-19(29)16-23(18)30/h3-16H,2,17H2,1H3. The zero-order valence-electron chi connectivity index (χ0n) is 18.4. The van der Waals surface area contributed by atoms with E-state index in [0.29, 0.717) is 23.4 Å². The number of aromatic nitrogens is 1. The first kappa shape index (κ1) is 22.0. The van der Waals surface area contributed by atoms with E-state index in [2.05, 4.69) is 0 Å². The summed E-state index contributed by atoms with van der Waals surface area (Å²) in [5.41, 5.74) is 2.36. The lowest BCUT2D eigenvalue weighted by molar-refractivity contribution is 0.341. The van der Waals surface area contributed by atoms with Crippen LogP contribution in [0.1, 0.15) is 12.5 Å². The van der Waals surface area contributed by atoms with Crippen molar-refractivity contribution in [3.63, 3.8) is 0 Å². The molecule has 0 N–H and O–H groups in total. The number of thiophene rings is 1. The molecular weight excluding hydrogens is 452 g/mol. The molecule has 5 rings (SSSR count). The predicted molar refractivity (Wildman–Crippen MR) is 134 cm³/mol. The highest BCUT2D eigenvalue weighted by Crippen LogP contribution is 2.42. The van der Waals surface area contributed by atoms with Gasteiger partial charge in [-0.15, -0.1) is 11.3 Å². The van der Waals surface area contributed by atoms with E-state index < -0.39 is 11.6 Å². The number of hydrogen-bond donors (Lipinski definition) is 0. The van der Waals surface area contributed by atoms with E-state index in [1.165, 1.54) is 23.5 Å². The Morgan fingerprint density at radius 2 is 1.68 bits per heavy atom. The highest BCUT2D eigenvalue weighted by molar-refractivity contribution is 7.13. The Bertz CT molecular complexity index is 1540. The van der Waals surface area contributed by atoms with Crippen molar-refractivity contribution in [2.75, 3.05) is 6.61 Å². The summed E-state index contributed by atoms with van der Waals surface area (Å²) in [4.78, 5) is 14.6. The Labute approximate surface area is 199 Å². The summed E-state index contributed by atoms with van der Waals surface area (Å²) in [6.07, 6.45) is 0. The van der Waals surface area contributed by atoms with Gasteiger partial charge in [0, 0.05) is 28.1 Å². The molecular formula is C28H21F2NO2S. The van der Waals surface area contributed by atoms with Crippen LogP contribution in [0.25, 0.3) is 32.5 Å². The van der Waals surface area contributed by atoms with Gasteiger partial charge in [-0.2, -0.15) is 0 Å². The Morgan fingerprint density at radius 1 is 0.912 bits per heavy atom. The minimum atomic E-state index is -0.687. The molecule has 6 heteroatoms. The first-order valence-electron chi connectivity index (χ1n) is 10.9. The summed E-state index contributed by atoms with van der Waals surface area (Å²) in [5.74, 6) is -0.642. The van der Waals surface area contributed by atoms with Crippen molar-refractivity contribution in [3.8, 4) is 27.4 Å². The Morgan fingerprint density at radius 3 is 2.41 bits per heavy atom. The molecule has 0 aliphatic heterocycles. The molecule has 0 spiro atoms. The van der Waals surface area contributed by atoms with Crippen LogP contribution in [-0.2, 0) is 6.54 Å². The Kier molecular flexibility index (Phi) is 5.99. The number of benzene rings is 3. The zero-order chi connectivity index (χ0) is 23.7. The molecule has 2 aromatic heterocycles. The van der Waals surface area contributed by atoms with Crippen molar-refractivity contribution in [3.05, 3.63) is 112 Å². The van der Waals surface area contributed by atoms with Crippen LogP contribution in [-0.4, -0.2) is 11.2 Å². The summed E-state index contributed by atoms with van der Waals surface area (Å²) >= 11 is 1.50.